The standard InChI is InChI=1S/C19H27NO4/c1-12(2)7-14-11-20(22)6-5-13-8-18(23-3)19(24-4)9-15(13)16(20)10-17(14)21/h8-9,12,14,16H,5-7,10-11H2,1-4H3/i3D3,4D3. The molecule has 0 aliphatic carbocycles. The average molecular weight is 339 g/mol. The first kappa shape index (κ1) is 11.1. The summed E-state index contributed by atoms with van der Waals surface area (Å²) in [7, 11) is -5.62. The van der Waals surface area contributed by atoms with Gasteiger partial charge in [-0.3, -0.25) is 4.79 Å². The van der Waals surface area contributed by atoms with Crippen molar-refractivity contribution in [3.63, 3.8) is 0 Å². The molecule has 0 bridgehead atoms. The number of carbonyl (C=O) groups excluding carboxylic acids is 1. The van der Waals surface area contributed by atoms with Crippen molar-refractivity contribution in [3.8, 4) is 11.5 Å². The minimum absolute atomic E-state index is 0.0345. The molecule has 1 aromatic carbocycles. The lowest BCUT2D eigenvalue weighted by Crippen LogP contribution is -2.57. The Hall–Kier alpha value is -1.59. The number of rotatable bonds is 4. The van der Waals surface area contributed by atoms with Crippen LogP contribution in [0.1, 0.15) is 52.1 Å². The Kier molecular flexibility index (Phi) is 2.95. The van der Waals surface area contributed by atoms with E-state index in [9.17, 15) is 10.0 Å². The number of hydrogen-bond donors (Lipinski definition) is 0. The van der Waals surface area contributed by atoms with E-state index in [4.69, 9.17) is 17.7 Å². The Morgan fingerprint density at radius 1 is 1.33 bits per heavy atom. The van der Waals surface area contributed by atoms with Gasteiger partial charge in [-0.05, 0) is 30.0 Å². The molecule has 2 aliphatic heterocycles. The van der Waals surface area contributed by atoms with Gasteiger partial charge < -0.3 is 19.3 Å². The van der Waals surface area contributed by atoms with Crippen LogP contribution in [0.2, 0.25) is 0 Å². The molecule has 0 saturated carbocycles. The van der Waals surface area contributed by atoms with Gasteiger partial charge >= 0.3 is 0 Å². The van der Waals surface area contributed by atoms with Gasteiger partial charge in [-0.2, -0.15) is 0 Å². The third-order valence-electron chi connectivity index (χ3n) is 5.25. The molecule has 0 aromatic heterocycles. The second-order valence-electron chi connectivity index (χ2n) is 7.32. The van der Waals surface area contributed by atoms with Crippen LogP contribution >= 0.6 is 0 Å². The third-order valence-corrected chi connectivity index (χ3v) is 5.25. The number of Topliss-reactive ketones (excluding diaryl/α,β-unsaturated/α-hetero) is 1. The van der Waals surface area contributed by atoms with Crippen molar-refractivity contribution in [1.82, 2.24) is 0 Å². The van der Waals surface area contributed by atoms with Crippen LogP contribution in [0.5, 0.6) is 11.5 Å². The fourth-order valence-corrected chi connectivity index (χ4v) is 4.12. The fraction of sp³-hybridized carbons (Fsp3) is 0.632. The van der Waals surface area contributed by atoms with Gasteiger partial charge in [-0.1, -0.05) is 13.8 Å². The van der Waals surface area contributed by atoms with E-state index in [1.165, 1.54) is 12.1 Å². The molecule has 5 heteroatoms. The van der Waals surface area contributed by atoms with Crippen molar-refractivity contribution in [2.24, 2.45) is 11.8 Å². The van der Waals surface area contributed by atoms with Gasteiger partial charge in [-0.15, -0.1) is 0 Å². The van der Waals surface area contributed by atoms with Crippen LogP contribution in [0.3, 0.4) is 0 Å². The van der Waals surface area contributed by atoms with Crippen molar-refractivity contribution in [3.05, 3.63) is 28.5 Å². The quantitative estimate of drug-likeness (QED) is 0.624. The van der Waals surface area contributed by atoms with Crippen LogP contribution < -0.4 is 9.47 Å². The molecule has 1 saturated heterocycles. The maximum Gasteiger partial charge on any atom is 0.161 e. The maximum atomic E-state index is 13.6. The molecule has 0 radical (unpaired) electrons. The van der Waals surface area contributed by atoms with E-state index in [2.05, 4.69) is 0 Å². The number of ether oxygens (including phenoxy) is 2. The highest BCUT2D eigenvalue weighted by Gasteiger charge is 2.45. The van der Waals surface area contributed by atoms with Crippen LogP contribution in [0, 0.1) is 17.0 Å². The number of hydroxylamine groups is 3. The molecular formula is C19H27NO4. The highest BCUT2D eigenvalue weighted by atomic mass is 16.5. The highest BCUT2D eigenvalue weighted by Crippen LogP contribution is 2.46. The summed E-state index contributed by atoms with van der Waals surface area (Å²) in [6.07, 6.45) is 1.11. The van der Waals surface area contributed by atoms with Crippen molar-refractivity contribution >= 4 is 5.78 Å². The van der Waals surface area contributed by atoms with Crippen LogP contribution in [0.15, 0.2) is 12.1 Å². The zero-order valence-corrected chi connectivity index (χ0v) is 14.0. The van der Waals surface area contributed by atoms with Gasteiger partial charge in [0.1, 0.15) is 11.8 Å². The number of quaternary nitrogens is 1. The summed E-state index contributed by atoms with van der Waals surface area (Å²) in [4.78, 5) is 12.7. The Balaban J connectivity index is 2.01. The lowest BCUT2D eigenvalue weighted by atomic mass is 9.79. The Morgan fingerprint density at radius 2 is 2.04 bits per heavy atom. The SMILES string of the molecule is [2H]C([2H])([2H])Oc1cc2c(cc1OC([2H])([2H])[2H])C1CC(=O)C(CC(C)C)C[N+]1([O-])CC2. The van der Waals surface area contributed by atoms with Gasteiger partial charge in [0.05, 0.1) is 47.7 Å². The first-order chi connectivity index (χ1) is 13.7. The summed E-state index contributed by atoms with van der Waals surface area (Å²) in [5.74, 6) is -0.424. The molecule has 0 spiro atoms. The number of benzene rings is 1. The molecule has 5 nitrogen and oxygen atoms in total. The third kappa shape index (κ3) is 2.91. The van der Waals surface area contributed by atoms with Gasteiger partial charge in [0, 0.05) is 12.0 Å². The van der Waals surface area contributed by atoms with E-state index in [1.807, 2.05) is 13.8 Å². The van der Waals surface area contributed by atoms with Gasteiger partial charge in [0.15, 0.2) is 11.5 Å². The predicted molar refractivity (Wildman–Crippen MR) is 91.9 cm³/mol. The lowest BCUT2D eigenvalue weighted by molar-refractivity contribution is -0.918. The lowest BCUT2D eigenvalue weighted by Gasteiger charge is -2.55. The topological polar surface area (TPSA) is 58.6 Å². The van der Waals surface area contributed by atoms with E-state index in [0.717, 1.165) is 0 Å². The number of carbonyl (C=O) groups is 1. The van der Waals surface area contributed by atoms with Crippen molar-refractivity contribution < 1.29 is 27.1 Å². The molecule has 2 aliphatic rings. The number of piperidine rings is 1. The fourth-order valence-electron chi connectivity index (χ4n) is 4.12. The average Bonchev–Trinajstić information content (AvgIpc) is 2.54. The van der Waals surface area contributed by atoms with E-state index in [0.29, 0.717) is 29.9 Å². The second-order valence-corrected chi connectivity index (χ2v) is 7.32. The number of fused-ring (bicyclic) bond motifs is 3. The Labute approximate surface area is 152 Å². The molecule has 1 fully saturated rings. The minimum atomic E-state index is -2.83. The zero-order valence-electron chi connectivity index (χ0n) is 20.0. The van der Waals surface area contributed by atoms with E-state index >= 15 is 0 Å². The van der Waals surface area contributed by atoms with Crippen molar-refractivity contribution in [2.45, 2.75) is 39.2 Å². The summed E-state index contributed by atoms with van der Waals surface area (Å²) < 4.78 is 53.6. The predicted octanol–water partition coefficient (Wildman–Crippen LogP) is 3.25. The van der Waals surface area contributed by atoms with E-state index in [-0.39, 0.29) is 42.7 Å². The largest absolute Gasteiger partial charge is 0.632 e. The molecule has 3 unspecified atom stereocenters. The smallest absolute Gasteiger partial charge is 0.161 e. The summed E-state index contributed by atoms with van der Waals surface area (Å²) in [6, 6.07) is 2.13. The van der Waals surface area contributed by atoms with Crippen LogP contribution in [0.25, 0.3) is 0 Å². The number of methoxy groups -OCH3 is 2. The summed E-state index contributed by atoms with van der Waals surface area (Å²) in [6.45, 7) is 4.51. The molecule has 0 amide bonds. The van der Waals surface area contributed by atoms with Crippen LogP contribution in [0.4, 0.5) is 0 Å². The van der Waals surface area contributed by atoms with Crippen molar-refractivity contribution in [2.75, 3.05) is 27.2 Å². The highest BCUT2D eigenvalue weighted by molar-refractivity contribution is 5.82. The monoisotopic (exact) mass is 339 g/mol. The molecule has 2 heterocycles. The second kappa shape index (κ2) is 6.37. The minimum Gasteiger partial charge on any atom is -0.632 e. The molecular weight excluding hydrogens is 306 g/mol. The molecule has 3 rings (SSSR count). The molecule has 3 atom stereocenters. The first-order valence-corrected chi connectivity index (χ1v) is 8.32. The Bertz CT molecular complexity index is 822. The van der Waals surface area contributed by atoms with E-state index < -0.39 is 24.8 Å². The van der Waals surface area contributed by atoms with Gasteiger partial charge in [0.2, 0.25) is 0 Å². The Morgan fingerprint density at radius 3 is 2.71 bits per heavy atom. The molecule has 0 N–H and O–H groups in total. The summed E-state index contributed by atoms with van der Waals surface area (Å²) in [5, 5.41) is 13.6. The molecule has 132 valence electrons. The van der Waals surface area contributed by atoms with Gasteiger partial charge in [0.25, 0.3) is 0 Å². The molecule has 24 heavy (non-hydrogen) atoms. The summed E-state index contributed by atoms with van der Waals surface area (Å²) >= 11 is 0. The summed E-state index contributed by atoms with van der Waals surface area (Å²) in [5.41, 5.74) is 1.21. The zero-order chi connectivity index (χ0) is 22.5. The maximum absolute atomic E-state index is 13.6. The van der Waals surface area contributed by atoms with Crippen molar-refractivity contribution in [1.29, 1.82) is 0 Å². The van der Waals surface area contributed by atoms with E-state index in [1.54, 1.807) is 0 Å². The van der Waals surface area contributed by atoms with Gasteiger partial charge in [-0.25, -0.2) is 0 Å². The van der Waals surface area contributed by atoms with Crippen LogP contribution in [-0.2, 0) is 11.2 Å². The molecule has 1 aromatic rings. The number of hydrogen-bond acceptors (Lipinski definition) is 4. The normalized spacial score (nSPS) is 33.9. The number of ketones is 1. The first-order valence-electron chi connectivity index (χ1n) is 11.3. The number of nitrogens with zero attached hydrogens (tertiary/aromatic N) is 1. The van der Waals surface area contributed by atoms with Crippen LogP contribution in [-0.4, -0.2) is 37.6 Å².